The maximum Gasteiger partial charge on any atom is 0.263 e. The number of rotatable bonds is 2. The molecule has 3 aromatic rings. The summed E-state index contributed by atoms with van der Waals surface area (Å²) in [4.78, 5) is 15.5. The highest BCUT2D eigenvalue weighted by atomic mass is 32.1. The lowest BCUT2D eigenvalue weighted by Gasteiger charge is -2.31. The molecule has 0 bridgehead atoms. The highest BCUT2D eigenvalue weighted by molar-refractivity contribution is 7.20. The Bertz CT molecular complexity index is 812. The second kappa shape index (κ2) is 5.77. The smallest absolute Gasteiger partial charge is 0.263 e. The van der Waals surface area contributed by atoms with Crippen LogP contribution in [0.3, 0.4) is 0 Å². The molecule has 0 aliphatic carbocycles. The van der Waals surface area contributed by atoms with Crippen LogP contribution >= 0.6 is 11.3 Å². The molecule has 4 rings (SSSR count). The summed E-state index contributed by atoms with van der Waals surface area (Å²) in [6.45, 7) is 1.56. The Labute approximate surface area is 138 Å². The van der Waals surface area contributed by atoms with E-state index < -0.39 is 0 Å². The Balaban J connectivity index is 1.47. The molecule has 5 nitrogen and oxygen atoms in total. The largest absolute Gasteiger partial charge is 0.338 e. The molecule has 1 aliphatic heterocycles. The van der Waals surface area contributed by atoms with Crippen molar-refractivity contribution in [1.29, 1.82) is 0 Å². The van der Waals surface area contributed by atoms with Crippen LogP contribution in [0.25, 0.3) is 10.1 Å². The highest BCUT2D eigenvalue weighted by Crippen LogP contribution is 2.30. The van der Waals surface area contributed by atoms with Crippen LogP contribution in [0.5, 0.6) is 0 Å². The lowest BCUT2D eigenvalue weighted by molar-refractivity contribution is 0.0715. The molecule has 23 heavy (non-hydrogen) atoms. The molecule has 0 unspecified atom stereocenters. The van der Waals surface area contributed by atoms with Gasteiger partial charge in [-0.15, -0.1) is 21.5 Å². The first-order valence-electron chi connectivity index (χ1n) is 7.84. The van der Waals surface area contributed by atoms with Gasteiger partial charge in [-0.3, -0.25) is 4.79 Å². The Hall–Kier alpha value is -2.21. The zero-order valence-corrected chi connectivity index (χ0v) is 13.8. The third-order valence-corrected chi connectivity index (χ3v) is 5.63. The van der Waals surface area contributed by atoms with E-state index in [2.05, 4.69) is 22.3 Å². The number of hydrogen-bond acceptors (Lipinski definition) is 4. The van der Waals surface area contributed by atoms with Crippen molar-refractivity contribution in [1.82, 2.24) is 19.7 Å². The SMILES string of the molecule is Cn1cnnc1C1CCN(C(=O)c2cc3ccccc3s2)CC1. The number of thiophene rings is 1. The molecular formula is C17H18N4OS. The molecule has 1 amide bonds. The fourth-order valence-electron chi connectivity index (χ4n) is 3.25. The zero-order chi connectivity index (χ0) is 15.8. The van der Waals surface area contributed by atoms with Crippen molar-refractivity contribution in [2.45, 2.75) is 18.8 Å². The van der Waals surface area contributed by atoms with Crippen LogP contribution in [0.15, 0.2) is 36.7 Å². The lowest BCUT2D eigenvalue weighted by Crippen LogP contribution is -2.38. The molecule has 3 heterocycles. The van der Waals surface area contributed by atoms with Gasteiger partial charge in [0.25, 0.3) is 5.91 Å². The van der Waals surface area contributed by atoms with E-state index in [9.17, 15) is 4.79 Å². The summed E-state index contributed by atoms with van der Waals surface area (Å²) in [6, 6.07) is 10.2. The van der Waals surface area contributed by atoms with Gasteiger partial charge in [0.2, 0.25) is 0 Å². The zero-order valence-electron chi connectivity index (χ0n) is 13.0. The molecule has 0 radical (unpaired) electrons. The second-order valence-electron chi connectivity index (χ2n) is 6.01. The van der Waals surface area contributed by atoms with Gasteiger partial charge in [-0.2, -0.15) is 0 Å². The number of carbonyl (C=O) groups excluding carboxylic acids is 1. The molecular weight excluding hydrogens is 308 g/mol. The van der Waals surface area contributed by atoms with E-state index >= 15 is 0 Å². The molecule has 0 spiro atoms. The van der Waals surface area contributed by atoms with E-state index in [1.165, 1.54) is 4.70 Å². The van der Waals surface area contributed by atoms with Gasteiger partial charge in [0, 0.05) is 30.8 Å². The van der Waals surface area contributed by atoms with Crippen molar-refractivity contribution in [3.05, 3.63) is 47.4 Å². The molecule has 118 valence electrons. The Morgan fingerprint density at radius 1 is 1.26 bits per heavy atom. The molecule has 6 heteroatoms. The quantitative estimate of drug-likeness (QED) is 0.727. The van der Waals surface area contributed by atoms with Gasteiger partial charge in [0.1, 0.15) is 12.2 Å². The topological polar surface area (TPSA) is 51.0 Å². The first kappa shape index (κ1) is 14.4. The molecule has 1 fully saturated rings. The number of hydrogen-bond donors (Lipinski definition) is 0. The predicted octanol–water partition coefficient (Wildman–Crippen LogP) is 3.05. The number of fused-ring (bicyclic) bond motifs is 1. The summed E-state index contributed by atoms with van der Waals surface area (Å²) in [7, 11) is 1.98. The summed E-state index contributed by atoms with van der Waals surface area (Å²) in [5.41, 5.74) is 0. The molecule has 1 aliphatic rings. The van der Waals surface area contributed by atoms with E-state index in [-0.39, 0.29) is 5.91 Å². The average Bonchev–Trinajstić information content (AvgIpc) is 3.20. The van der Waals surface area contributed by atoms with Crippen LogP contribution in [0.1, 0.15) is 34.3 Å². The number of likely N-dealkylation sites (tertiary alicyclic amines) is 1. The maximum absolute atomic E-state index is 12.7. The van der Waals surface area contributed by atoms with Gasteiger partial charge in [0.05, 0.1) is 4.88 Å². The third-order valence-electron chi connectivity index (χ3n) is 4.53. The number of piperidine rings is 1. The first-order valence-corrected chi connectivity index (χ1v) is 8.66. The lowest BCUT2D eigenvalue weighted by atomic mass is 9.96. The monoisotopic (exact) mass is 326 g/mol. The number of benzene rings is 1. The highest BCUT2D eigenvalue weighted by Gasteiger charge is 2.27. The van der Waals surface area contributed by atoms with Crippen LogP contribution in [0.2, 0.25) is 0 Å². The van der Waals surface area contributed by atoms with Crippen molar-refractivity contribution < 1.29 is 4.79 Å². The third kappa shape index (κ3) is 2.63. The van der Waals surface area contributed by atoms with Crippen LogP contribution in [0, 0.1) is 0 Å². The van der Waals surface area contributed by atoms with Gasteiger partial charge in [0.15, 0.2) is 0 Å². The Morgan fingerprint density at radius 2 is 2.04 bits per heavy atom. The normalized spacial score (nSPS) is 16.1. The van der Waals surface area contributed by atoms with Gasteiger partial charge < -0.3 is 9.47 Å². The first-order chi connectivity index (χ1) is 11.2. The van der Waals surface area contributed by atoms with Crippen molar-refractivity contribution in [3.8, 4) is 0 Å². The van der Waals surface area contributed by atoms with E-state index in [0.29, 0.717) is 5.92 Å². The number of aromatic nitrogens is 3. The van der Waals surface area contributed by atoms with Crippen molar-refractivity contribution >= 4 is 27.3 Å². The Morgan fingerprint density at radius 3 is 2.74 bits per heavy atom. The van der Waals surface area contributed by atoms with Crippen molar-refractivity contribution in [2.75, 3.05) is 13.1 Å². The summed E-state index contributed by atoms with van der Waals surface area (Å²) < 4.78 is 3.15. The van der Waals surface area contributed by atoms with Crippen molar-refractivity contribution in [2.24, 2.45) is 7.05 Å². The fraction of sp³-hybridized carbons (Fsp3) is 0.353. The minimum atomic E-state index is 0.155. The summed E-state index contributed by atoms with van der Waals surface area (Å²) in [5.74, 6) is 1.58. The average molecular weight is 326 g/mol. The summed E-state index contributed by atoms with van der Waals surface area (Å²) in [6.07, 6.45) is 3.64. The number of carbonyl (C=O) groups is 1. The molecule has 0 atom stereocenters. The molecule has 0 N–H and O–H groups in total. The van der Waals surface area contributed by atoms with Crippen molar-refractivity contribution in [3.63, 3.8) is 0 Å². The second-order valence-corrected chi connectivity index (χ2v) is 7.10. The Kier molecular flexibility index (Phi) is 3.61. The number of nitrogens with zero attached hydrogens (tertiary/aromatic N) is 4. The minimum absolute atomic E-state index is 0.155. The van der Waals surface area contributed by atoms with Crippen LogP contribution in [-0.4, -0.2) is 38.7 Å². The van der Waals surface area contributed by atoms with E-state index in [1.807, 2.05) is 34.7 Å². The summed E-state index contributed by atoms with van der Waals surface area (Å²) >= 11 is 1.58. The van der Waals surface area contributed by atoms with Gasteiger partial charge in [-0.1, -0.05) is 18.2 Å². The predicted molar refractivity (Wildman–Crippen MR) is 90.7 cm³/mol. The maximum atomic E-state index is 12.7. The standard InChI is InChI=1S/C17H18N4OS/c1-20-11-18-19-16(20)12-6-8-21(9-7-12)17(22)15-10-13-4-2-3-5-14(13)23-15/h2-5,10-12H,6-9H2,1H3. The van der Waals surface area contributed by atoms with Crippen LogP contribution in [0.4, 0.5) is 0 Å². The van der Waals surface area contributed by atoms with E-state index in [1.54, 1.807) is 17.7 Å². The molecule has 1 saturated heterocycles. The van der Waals surface area contributed by atoms with Gasteiger partial charge >= 0.3 is 0 Å². The number of amides is 1. The van der Waals surface area contributed by atoms with E-state index in [4.69, 9.17) is 0 Å². The minimum Gasteiger partial charge on any atom is -0.338 e. The molecule has 1 aromatic carbocycles. The van der Waals surface area contributed by atoms with Gasteiger partial charge in [-0.05, 0) is 30.4 Å². The summed E-state index contributed by atoms with van der Waals surface area (Å²) in [5, 5.41) is 9.31. The number of aryl methyl sites for hydroxylation is 1. The fourth-order valence-corrected chi connectivity index (χ4v) is 4.28. The molecule has 0 saturated carbocycles. The molecule has 2 aromatic heterocycles. The van der Waals surface area contributed by atoms with Gasteiger partial charge in [-0.25, -0.2) is 0 Å². The van der Waals surface area contributed by atoms with E-state index in [0.717, 1.165) is 42.0 Å². The van der Waals surface area contributed by atoms with Crippen LogP contribution < -0.4 is 0 Å². The van der Waals surface area contributed by atoms with Crippen LogP contribution in [-0.2, 0) is 7.05 Å².